The largest absolute Gasteiger partial charge is 0.433 e. The van der Waals surface area contributed by atoms with Gasteiger partial charge in [0.05, 0.1) is 16.3 Å². The normalized spacial score (nSPS) is 12.1. The summed E-state index contributed by atoms with van der Waals surface area (Å²) >= 11 is 11.9. The second-order valence-corrected chi connectivity index (χ2v) is 10.1. The first kappa shape index (κ1) is 28.4. The third kappa shape index (κ3) is 5.45. The molecule has 0 atom stereocenters. The lowest BCUT2D eigenvalue weighted by Crippen LogP contribution is -2.35. The van der Waals surface area contributed by atoms with Gasteiger partial charge in [0, 0.05) is 42.0 Å². The molecular weight excluding hydrogens is 554 g/mol. The molecule has 0 saturated carbocycles. The molecule has 0 radical (unpaired) electrons. The third-order valence-corrected chi connectivity index (χ3v) is 6.38. The summed E-state index contributed by atoms with van der Waals surface area (Å²) in [6, 6.07) is 6.65. The van der Waals surface area contributed by atoms with Crippen LogP contribution in [0.2, 0.25) is 10.0 Å². The van der Waals surface area contributed by atoms with Crippen molar-refractivity contribution in [1.82, 2.24) is 19.1 Å². The standard InChI is InChI=1S/C26H23Cl2FN4O6/c1-13-11-30-20(32-7-5-6-16(23(32)34)25(3,4)36)10-18(13)33-14(2)8-19(21(28)24(33)35)39-26(37,38)22-17(29)9-15(27)12-31-22/h5-12,36-38H,1-4H3. The molecule has 0 bridgehead atoms. The molecule has 0 amide bonds. The average Bonchev–Trinajstić information content (AvgIpc) is 2.82. The monoisotopic (exact) mass is 576 g/mol. The van der Waals surface area contributed by atoms with Gasteiger partial charge < -0.3 is 20.1 Å². The van der Waals surface area contributed by atoms with Gasteiger partial charge in [-0.25, -0.2) is 14.4 Å². The molecule has 0 saturated heterocycles. The first-order chi connectivity index (χ1) is 18.1. The van der Waals surface area contributed by atoms with Gasteiger partial charge in [0.15, 0.2) is 17.3 Å². The number of halogens is 3. The van der Waals surface area contributed by atoms with Crippen molar-refractivity contribution < 1.29 is 24.4 Å². The van der Waals surface area contributed by atoms with Crippen LogP contribution < -0.4 is 15.9 Å². The Morgan fingerprint density at radius 3 is 2.33 bits per heavy atom. The Labute approximate surface area is 231 Å². The molecule has 204 valence electrons. The Balaban J connectivity index is 1.81. The fourth-order valence-corrected chi connectivity index (χ4v) is 4.25. The maximum absolute atomic E-state index is 14.2. The molecule has 0 aliphatic rings. The number of nitrogens with zero attached hydrogens (tertiary/aromatic N) is 4. The van der Waals surface area contributed by atoms with Gasteiger partial charge in [-0.15, -0.1) is 0 Å². The van der Waals surface area contributed by atoms with Gasteiger partial charge in [-0.1, -0.05) is 23.2 Å². The van der Waals surface area contributed by atoms with Gasteiger partial charge in [-0.3, -0.25) is 18.7 Å². The van der Waals surface area contributed by atoms with Crippen LogP contribution in [0, 0.1) is 19.7 Å². The van der Waals surface area contributed by atoms with Crippen LogP contribution >= 0.6 is 23.2 Å². The molecule has 0 spiro atoms. The number of aryl methyl sites for hydroxylation is 2. The number of rotatable bonds is 6. The smallest absolute Gasteiger partial charge is 0.372 e. The number of hydrogen-bond donors (Lipinski definition) is 3. The van der Waals surface area contributed by atoms with Crippen LogP contribution in [-0.2, 0) is 11.6 Å². The van der Waals surface area contributed by atoms with Gasteiger partial charge >= 0.3 is 5.97 Å². The summed E-state index contributed by atoms with van der Waals surface area (Å²) in [6.07, 6.45) is 3.92. The Morgan fingerprint density at radius 1 is 1.00 bits per heavy atom. The highest BCUT2D eigenvalue weighted by Gasteiger charge is 2.36. The molecular formula is C26H23Cl2FN4O6. The predicted octanol–water partition coefficient (Wildman–Crippen LogP) is 3.24. The van der Waals surface area contributed by atoms with Crippen LogP contribution in [0.3, 0.4) is 0 Å². The zero-order valence-electron chi connectivity index (χ0n) is 21.1. The number of hydrogen-bond acceptors (Lipinski definition) is 8. The summed E-state index contributed by atoms with van der Waals surface area (Å²) in [5, 5.41) is 30.5. The molecule has 4 aromatic heterocycles. The van der Waals surface area contributed by atoms with E-state index in [0.717, 1.165) is 12.3 Å². The van der Waals surface area contributed by atoms with Crippen LogP contribution in [0.25, 0.3) is 11.5 Å². The number of pyridine rings is 4. The molecule has 0 aromatic carbocycles. The van der Waals surface area contributed by atoms with E-state index in [0.29, 0.717) is 11.3 Å². The quantitative estimate of drug-likeness (QED) is 0.297. The fraction of sp³-hybridized carbons (Fsp3) is 0.231. The van der Waals surface area contributed by atoms with Gasteiger partial charge in [0.25, 0.3) is 11.1 Å². The first-order valence-electron chi connectivity index (χ1n) is 11.4. The van der Waals surface area contributed by atoms with Gasteiger partial charge in [0.2, 0.25) is 0 Å². The molecule has 13 heteroatoms. The third-order valence-electron chi connectivity index (χ3n) is 5.82. The zero-order valence-corrected chi connectivity index (χ0v) is 22.6. The van der Waals surface area contributed by atoms with Crippen molar-refractivity contribution in [2.45, 2.75) is 39.3 Å². The van der Waals surface area contributed by atoms with Crippen LogP contribution in [0.1, 0.15) is 36.4 Å². The van der Waals surface area contributed by atoms with Crippen molar-refractivity contribution in [3.8, 4) is 17.3 Å². The molecule has 0 unspecified atom stereocenters. The molecule has 3 N–H and O–H groups in total. The highest BCUT2D eigenvalue weighted by atomic mass is 35.5. The van der Waals surface area contributed by atoms with Crippen molar-refractivity contribution >= 4 is 23.2 Å². The Bertz CT molecular complexity index is 1710. The summed E-state index contributed by atoms with van der Waals surface area (Å²) in [6.45, 7) is 6.19. The molecule has 0 aliphatic carbocycles. The second-order valence-electron chi connectivity index (χ2n) is 9.28. The number of ether oxygens (including phenoxy) is 1. The topological polar surface area (TPSA) is 140 Å². The molecule has 4 aromatic rings. The molecule has 4 heterocycles. The maximum Gasteiger partial charge on any atom is 0.372 e. The van der Waals surface area contributed by atoms with Crippen molar-refractivity contribution in [2.75, 3.05) is 0 Å². The molecule has 39 heavy (non-hydrogen) atoms. The average molecular weight is 577 g/mol. The maximum atomic E-state index is 14.2. The molecule has 0 aliphatic heterocycles. The van der Waals surface area contributed by atoms with Gasteiger partial charge in [-0.05, 0) is 51.5 Å². The second kappa shape index (κ2) is 10.2. The minimum atomic E-state index is -3.28. The molecule has 4 rings (SSSR count). The van der Waals surface area contributed by atoms with E-state index in [1.807, 2.05) is 0 Å². The number of aromatic nitrogens is 4. The Hall–Kier alpha value is -3.61. The summed E-state index contributed by atoms with van der Waals surface area (Å²) in [5.74, 6) is -4.71. The Morgan fingerprint density at radius 2 is 1.69 bits per heavy atom. The summed E-state index contributed by atoms with van der Waals surface area (Å²) in [4.78, 5) is 34.3. The van der Waals surface area contributed by atoms with Crippen molar-refractivity contribution in [2.24, 2.45) is 0 Å². The lowest BCUT2D eigenvalue weighted by Gasteiger charge is -2.24. The minimum Gasteiger partial charge on any atom is -0.433 e. The van der Waals surface area contributed by atoms with Crippen LogP contribution in [0.5, 0.6) is 5.75 Å². The van der Waals surface area contributed by atoms with E-state index in [9.17, 15) is 29.3 Å². The fourth-order valence-electron chi connectivity index (χ4n) is 3.93. The minimum absolute atomic E-state index is 0.0790. The number of aliphatic hydroxyl groups is 3. The summed E-state index contributed by atoms with van der Waals surface area (Å²) in [7, 11) is 0. The predicted molar refractivity (Wildman–Crippen MR) is 141 cm³/mol. The van der Waals surface area contributed by atoms with E-state index in [1.165, 1.54) is 60.5 Å². The first-order valence-corrected chi connectivity index (χ1v) is 12.2. The Kier molecular flexibility index (Phi) is 7.41. The summed E-state index contributed by atoms with van der Waals surface area (Å²) in [5.41, 5.74) is -2.32. The van der Waals surface area contributed by atoms with E-state index in [2.05, 4.69) is 9.97 Å². The van der Waals surface area contributed by atoms with Crippen LogP contribution in [0.15, 0.2) is 58.5 Å². The van der Waals surface area contributed by atoms with E-state index < -0.39 is 45.0 Å². The van der Waals surface area contributed by atoms with E-state index in [1.54, 1.807) is 13.0 Å². The highest BCUT2D eigenvalue weighted by molar-refractivity contribution is 6.31. The van der Waals surface area contributed by atoms with Crippen molar-refractivity contribution in [3.63, 3.8) is 0 Å². The highest BCUT2D eigenvalue weighted by Crippen LogP contribution is 2.31. The van der Waals surface area contributed by atoms with Crippen molar-refractivity contribution in [3.05, 3.63) is 108 Å². The van der Waals surface area contributed by atoms with E-state index in [-0.39, 0.29) is 22.1 Å². The van der Waals surface area contributed by atoms with Crippen molar-refractivity contribution in [1.29, 1.82) is 0 Å². The molecule has 10 nitrogen and oxygen atoms in total. The lowest BCUT2D eigenvalue weighted by molar-refractivity contribution is -0.308. The van der Waals surface area contributed by atoms with E-state index in [4.69, 9.17) is 27.9 Å². The van der Waals surface area contributed by atoms with E-state index >= 15 is 0 Å². The summed E-state index contributed by atoms with van der Waals surface area (Å²) < 4.78 is 21.8. The zero-order chi connectivity index (χ0) is 28.9. The van der Waals surface area contributed by atoms with Crippen LogP contribution in [-0.4, -0.2) is 34.4 Å². The van der Waals surface area contributed by atoms with Gasteiger partial charge in [0.1, 0.15) is 10.8 Å². The molecule has 0 fully saturated rings. The van der Waals surface area contributed by atoms with Gasteiger partial charge in [-0.2, -0.15) is 0 Å². The van der Waals surface area contributed by atoms with Crippen LogP contribution in [0.4, 0.5) is 4.39 Å². The lowest BCUT2D eigenvalue weighted by atomic mass is 10.0. The SMILES string of the molecule is Cc1cnc(-n2cccc(C(C)(C)O)c2=O)cc1-n1c(C)cc(OC(O)(O)c2ncc(Cl)cc2F)c(Cl)c1=O.